The molecule has 0 spiro atoms. The average molecular weight is 253 g/mol. The molecule has 0 fully saturated rings. The summed E-state index contributed by atoms with van der Waals surface area (Å²) in [6.45, 7) is 0. The number of hydrogen-bond donors (Lipinski definition) is 3. The van der Waals surface area contributed by atoms with Crippen LogP contribution in [-0.4, -0.2) is 10.9 Å². The molecule has 0 atom stereocenters. The van der Waals surface area contributed by atoms with Crippen molar-refractivity contribution >= 4 is 17.3 Å². The van der Waals surface area contributed by atoms with E-state index in [2.05, 4.69) is 15.7 Å². The van der Waals surface area contributed by atoms with E-state index in [9.17, 15) is 4.79 Å². The van der Waals surface area contributed by atoms with E-state index < -0.39 is 0 Å². The standard InChI is InChI=1S/C13H11N5O/c14-7-9-1-3-10(4-2-9)17-13(19)12-6-5-11(18-15)8-16-12/h1-6,8,18H,15H2,(H,17,19). The number of pyridine rings is 1. The van der Waals surface area contributed by atoms with Gasteiger partial charge in [-0.15, -0.1) is 0 Å². The molecule has 0 saturated heterocycles. The highest BCUT2D eigenvalue weighted by Crippen LogP contribution is 2.11. The fraction of sp³-hybridized carbons (Fsp3) is 0. The molecule has 6 heteroatoms. The highest BCUT2D eigenvalue weighted by atomic mass is 16.1. The quantitative estimate of drug-likeness (QED) is 0.568. The summed E-state index contributed by atoms with van der Waals surface area (Å²) < 4.78 is 0. The van der Waals surface area contributed by atoms with Crippen LogP contribution in [0.5, 0.6) is 0 Å². The molecule has 0 saturated carbocycles. The van der Waals surface area contributed by atoms with Gasteiger partial charge in [0.05, 0.1) is 23.5 Å². The summed E-state index contributed by atoms with van der Waals surface area (Å²) in [6.07, 6.45) is 1.47. The molecule has 0 aliphatic rings. The van der Waals surface area contributed by atoms with Crippen molar-refractivity contribution in [2.45, 2.75) is 0 Å². The monoisotopic (exact) mass is 253 g/mol. The Morgan fingerprint density at radius 3 is 2.37 bits per heavy atom. The lowest BCUT2D eigenvalue weighted by Crippen LogP contribution is -2.14. The van der Waals surface area contributed by atoms with Gasteiger partial charge in [0.1, 0.15) is 5.69 Å². The Bertz CT molecular complexity index is 613. The molecular weight excluding hydrogens is 242 g/mol. The Kier molecular flexibility index (Phi) is 3.71. The number of hydrazine groups is 1. The van der Waals surface area contributed by atoms with Crippen LogP contribution in [0.2, 0.25) is 0 Å². The molecule has 2 rings (SSSR count). The van der Waals surface area contributed by atoms with Crippen LogP contribution in [0.1, 0.15) is 16.1 Å². The summed E-state index contributed by atoms with van der Waals surface area (Å²) in [5.74, 6) is 4.88. The number of nitriles is 1. The average Bonchev–Trinajstić information content (AvgIpc) is 2.48. The molecule has 1 aromatic carbocycles. The number of hydrogen-bond acceptors (Lipinski definition) is 5. The highest BCUT2D eigenvalue weighted by Gasteiger charge is 2.07. The van der Waals surface area contributed by atoms with E-state index in [1.54, 1.807) is 36.4 Å². The lowest BCUT2D eigenvalue weighted by molar-refractivity contribution is 0.102. The molecule has 0 radical (unpaired) electrons. The van der Waals surface area contributed by atoms with Crippen LogP contribution in [0, 0.1) is 11.3 Å². The third-order valence-electron chi connectivity index (χ3n) is 2.43. The number of carbonyl (C=O) groups excluding carboxylic acids is 1. The van der Waals surface area contributed by atoms with Gasteiger partial charge in [-0.2, -0.15) is 5.26 Å². The van der Waals surface area contributed by atoms with Gasteiger partial charge in [0, 0.05) is 5.69 Å². The molecule has 0 aliphatic heterocycles. The number of nitrogens with zero attached hydrogens (tertiary/aromatic N) is 2. The van der Waals surface area contributed by atoms with Crippen LogP contribution in [0.3, 0.4) is 0 Å². The van der Waals surface area contributed by atoms with Gasteiger partial charge < -0.3 is 10.7 Å². The van der Waals surface area contributed by atoms with E-state index in [0.717, 1.165) is 0 Å². The van der Waals surface area contributed by atoms with Crippen molar-refractivity contribution in [2.24, 2.45) is 5.84 Å². The first-order valence-electron chi connectivity index (χ1n) is 5.47. The van der Waals surface area contributed by atoms with Crippen molar-refractivity contribution in [1.29, 1.82) is 5.26 Å². The summed E-state index contributed by atoms with van der Waals surface area (Å²) in [5, 5.41) is 11.4. The number of aromatic nitrogens is 1. The molecule has 1 heterocycles. The number of benzene rings is 1. The summed E-state index contributed by atoms with van der Waals surface area (Å²) in [7, 11) is 0. The van der Waals surface area contributed by atoms with E-state index in [4.69, 9.17) is 11.1 Å². The normalized spacial score (nSPS) is 9.47. The second-order valence-corrected chi connectivity index (χ2v) is 3.72. The van der Waals surface area contributed by atoms with Crippen LogP contribution in [0.4, 0.5) is 11.4 Å². The first-order chi connectivity index (χ1) is 9.22. The number of nitrogens with two attached hydrogens (primary N) is 1. The number of rotatable bonds is 3. The maximum Gasteiger partial charge on any atom is 0.274 e. The number of nitrogens with one attached hydrogen (secondary N) is 2. The number of carbonyl (C=O) groups is 1. The first-order valence-corrected chi connectivity index (χ1v) is 5.47. The smallest absolute Gasteiger partial charge is 0.274 e. The summed E-state index contributed by atoms with van der Waals surface area (Å²) in [6, 6.07) is 11.8. The number of amides is 1. The van der Waals surface area contributed by atoms with Crippen LogP contribution >= 0.6 is 0 Å². The SMILES string of the molecule is N#Cc1ccc(NC(=O)c2ccc(NN)cn2)cc1. The van der Waals surface area contributed by atoms with E-state index >= 15 is 0 Å². The maximum atomic E-state index is 11.9. The van der Waals surface area contributed by atoms with Gasteiger partial charge >= 0.3 is 0 Å². The second-order valence-electron chi connectivity index (χ2n) is 3.72. The molecule has 1 amide bonds. The lowest BCUT2D eigenvalue weighted by Gasteiger charge is -2.05. The predicted molar refractivity (Wildman–Crippen MR) is 71.2 cm³/mol. The zero-order valence-electron chi connectivity index (χ0n) is 9.92. The lowest BCUT2D eigenvalue weighted by atomic mass is 10.2. The minimum atomic E-state index is -0.326. The molecule has 1 aromatic heterocycles. The molecular formula is C13H11N5O. The highest BCUT2D eigenvalue weighted by molar-refractivity contribution is 6.02. The zero-order chi connectivity index (χ0) is 13.7. The van der Waals surface area contributed by atoms with Crippen LogP contribution in [0.25, 0.3) is 0 Å². The third kappa shape index (κ3) is 3.06. The summed E-state index contributed by atoms with van der Waals surface area (Å²) in [5.41, 5.74) is 4.47. The molecule has 2 aromatic rings. The molecule has 19 heavy (non-hydrogen) atoms. The van der Waals surface area contributed by atoms with Gasteiger partial charge in [0.2, 0.25) is 0 Å². The Hall–Kier alpha value is -2.91. The Labute approximate surface area is 109 Å². The molecule has 0 unspecified atom stereocenters. The third-order valence-corrected chi connectivity index (χ3v) is 2.43. The van der Waals surface area contributed by atoms with Crippen molar-refractivity contribution in [3.05, 3.63) is 53.9 Å². The molecule has 6 nitrogen and oxygen atoms in total. The van der Waals surface area contributed by atoms with Crippen LogP contribution in [0.15, 0.2) is 42.6 Å². The minimum Gasteiger partial charge on any atom is -0.323 e. The largest absolute Gasteiger partial charge is 0.323 e. The number of nitrogen functional groups attached to an aromatic ring is 1. The fourth-order valence-corrected chi connectivity index (χ4v) is 1.44. The van der Waals surface area contributed by atoms with Crippen molar-refractivity contribution in [1.82, 2.24) is 4.98 Å². The van der Waals surface area contributed by atoms with Crippen LogP contribution in [-0.2, 0) is 0 Å². The topological polar surface area (TPSA) is 104 Å². The van der Waals surface area contributed by atoms with Gasteiger partial charge in [-0.25, -0.2) is 4.98 Å². The van der Waals surface area contributed by atoms with Crippen molar-refractivity contribution in [3.8, 4) is 6.07 Å². The zero-order valence-corrected chi connectivity index (χ0v) is 9.92. The number of anilines is 2. The van der Waals surface area contributed by atoms with Gasteiger partial charge in [0.15, 0.2) is 0 Å². The minimum absolute atomic E-state index is 0.281. The van der Waals surface area contributed by atoms with E-state index in [1.165, 1.54) is 6.20 Å². The van der Waals surface area contributed by atoms with Crippen molar-refractivity contribution in [2.75, 3.05) is 10.7 Å². The molecule has 0 aliphatic carbocycles. The van der Waals surface area contributed by atoms with E-state index in [-0.39, 0.29) is 11.6 Å². The van der Waals surface area contributed by atoms with Crippen LogP contribution < -0.4 is 16.6 Å². The Morgan fingerprint density at radius 1 is 1.16 bits per heavy atom. The molecule has 94 valence electrons. The predicted octanol–water partition coefficient (Wildman–Crippen LogP) is 1.49. The summed E-state index contributed by atoms with van der Waals surface area (Å²) >= 11 is 0. The Morgan fingerprint density at radius 2 is 1.84 bits per heavy atom. The van der Waals surface area contributed by atoms with Gasteiger partial charge in [-0.05, 0) is 36.4 Å². The second kappa shape index (κ2) is 5.62. The van der Waals surface area contributed by atoms with Crippen molar-refractivity contribution in [3.63, 3.8) is 0 Å². The molecule has 4 N–H and O–H groups in total. The van der Waals surface area contributed by atoms with Gasteiger partial charge in [-0.3, -0.25) is 10.6 Å². The molecule has 0 bridgehead atoms. The van der Waals surface area contributed by atoms with Gasteiger partial charge in [-0.1, -0.05) is 0 Å². The Balaban J connectivity index is 2.09. The summed E-state index contributed by atoms with van der Waals surface area (Å²) in [4.78, 5) is 15.9. The fourth-order valence-electron chi connectivity index (χ4n) is 1.44. The first kappa shape index (κ1) is 12.5. The maximum absolute atomic E-state index is 11.9. The van der Waals surface area contributed by atoms with E-state index in [0.29, 0.717) is 16.9 Å². The van der Waals surface area contributed by atoms with Gasteiger partial charge in [0.25, 0.3) is 5.91 Å². The van der Waals surface area contributed by atoms with E-state index in [1.807, 2.05) is 6.07 Å². The van der Waals surface area contributed by atoms with Crippen molar-refractivity contribution < 1.29 is 4.79 Å².